The molecule has 0 unspecified atom stereocenters. The molecule has 2 aromatic rings. The molecule has 6 nitrogen and oxygen atoms in total. The number of fused-ring (bicyclic) bond motifs is 1. The van der Waals surface area contributed by atoms with E-state index < -0.39 is 6.10 Å². The largest absolute Gasteiger partial charge is 0.477 e. The number of amides is 2. The third-order valence-corrected chi connectivity index (χ3v) is 5.64. The van der Waals surface area contributed by atoms with E-state index >= 15 is 0 Å². The quantitative estimate of drug-likeness (QED) is 0.842. The first-order chi connectivity index (χ1) is 14.5. The summed E-state index contributed by atoms with van der Waals surface area (Å²) in [6.45, 7) is 6.13. The highest BCUT2D eigenvalue weighted by molar-refractivity contribution is 5.95. The number of nitrogens with zero attached hydrogens (tertiary/aromatic N) is 2. The number of likely N-dealkylation sites (tertiary alicyclic amines) is 1. The predicted octanol–water partition coefficient (Wildman–Crippen LogP) is 3.52. The Balaban J connectivity index is 1.49. The zero-order valence-corrected chi connectivity index (χ0v) is 17.7. The Hall–Kier alpha value is -3.02. The average molecular weight is 408 g/mol. The number of rotatable bonds is 4. The van der Waals surface area contributed by atoms with Crippen molar-refractivity contribution >= 4 is 23.2 Å². The summed E-state index contributed by atoms with van der Waals surface area (Å²) in [4.78, 5) is 29.7. The molecule has 1 atom stereocenters. The smallest absolute Gasteiger partial charge is 0.265 e. The third-order valence-electron chi connectivity index (χ3n) is 5.64. The molecule has 2 aliphatic heterocycles. The molecule has 0 aromatic heterocycles. The zero-order chi connectivity index (χ0) is 21.1. The van der Waals surface area contributed by atoms with Crippen molar-refractivity contribution in [2.75, 3.05) is 36.4 Å². The first-order valence-corrected chi connectivity index (χ1v) is 10.7. The fourth-order valence-electron chi connectivity index (χ4n) is 4.32. The van der Waals surface area contributed by atoms with Crippen LogP contribution in [0, 0.1) is 13.8 Å². The molecule has 2 amide bonds. The van der Waals surface area contributed by atoms with E-state index in [1.165, 1.54) is 6.42 Å². The zero-order valence-electron chi connectivity index (χ0n) is 17.7. The van der Waals surface area contributed by atoms with Gasteiger partial charge >= 0.3 is 0 Å². The first kappa shape index (κ1) is 20.3. The van der Waals surface area contributed by atoms with Crippen LogP contribution in [0.5, 0.6) is 5.75 Å². The Bertz CT molecular complexity index is 917. The molecule has 30 heavy (non-hydrogen) atoms. The van der Waals surface area contributed by atoms with Crippen molar-refractivity contribution < 1.29 is 14.3 Å². The van der Waals surface area contributed by atoms with E-state index in [2.05, 4.69) is 11.4 Å². The van der Waals surface area contributed by atoms with Gasteiger partial charge in [0.15, 0.2) is 6.10 Å². The van der Waals surface area contributed by atoms with E-state index in [1.807, 2.05) is 60.0 Å². The van der Waals surface area contributed by atoms with Crippen molar-refractivity contribution in [2.45, 2.75) is 39.2 Å². The maximum absolute atomic E-state index is 13.0. The lowest BCUT2D eigenvalue weighted by atomic mass is 10.1. The highest BCUT2D eigenvalue weighted by atomic mass is 16.5. The van der Waals surface area contributed by atoms with E-state index in [4.69, 9.17) is 4.74 Å². The lowest BCUT2D eigenvalue weighted by molar-refractivity contribution is -0.139. The van der Waals surface area contributed by atoms with E-state index in [1.54, 1.807) is 0 Å². The lowest BCUT2D eigenvalue weighted by Gasteiger charge is -2.38. The van der Waals surface area contributed by atoms with Gasteiger partial charge in [0, 0.05) is 18.8 Å². The molecule has 0 aliphatic carbocycles. The molecule has 158 valence electrons. The van der Waals surface area contributed by atoms with Crippen molar-refractivity contribution in [2.24, 2.45) is 0 Å². The van der Waals surface area contributed by atoms with Gasteiger partial charge < -0.3 is 19.9 Å². The van der Waals surface area contributed by atoms with Gasteiger partial charge in [0.25, 0.3) is 5.91 Å². The van der Waals surface area contributed by atoms with Crippen LogP contribution >= 0.6 is 0 Å². The lowest BCUT2D eigenvalue weighted by Crippen LogP contribution is -2.52. The molecule has 1 N–H and O–H groups in total. The normalized spacial score (nSPS) is 18.4. The SMILES string of the molecule is Cc1cc(C)cc(NC(=O)CN2C[C@H](C(=O)N3CCCCC3)Oc3ccccc32)c1. The second-order valence-electron chi connectivity index (χ2n) is 8.27. The Labute approximate surface area is 177 Å². The van der Waals surface area contributed by atoms with Crippen LogP contribution in [0.15, 0.2) is 42.5 Å². The molecular formula is C24H29N3O3. The maximum Gasteiger partial charge on any atom is 0.265 e. The van der Waals surface area contributed by atoms with E-state index in [0.717, 1.165) is 48.4 Å². The molecule has 2 aliphatic rings. The van der Waals surface area contributed by atoms with Crippen LogP contribution in [0.1, 0.15) is 30.4 Å². The number of carbonyl (C=O) groups is 2. The van der Waals surface area contributed by atoms with Crippen LogP contribution in [-0.2, 0) is 9.59 Å². The van der Waals surface area contributed by atoms with Crippen molar-refractivity contribution in [1.82, 2.24) is 4.90 Å². The second kappa shape index (κ2) is 8.78. The fraction of sp³-hybridized carbons (Fsp3) is 0.417. The van der Waals surface area contributed by atoms with Gasteiger partial charge in [-0.25, -0.2) is 0 Å². The summed E-state index contributed by atoms with van der Waals surface area (Å²) >= 11 is 0. The Morgan fingerprint density at radius 3 is 2.47 bits per heavy atom. The maximum atomic E-state index is 13.0. The number of para-hydroxylation sites is 2. The molecule has 0 radical (unpaired) electrons. The molecule has 2 heterocycles. The van der Waals surface area contributed by atoms with Gasteiger partial charge in [-0.05, 0) is 68.5 Å². The van der Waals surface area contributed by atoms with Gasteiger partial charge in [0.1, 0.15) is 5.75 Å². The highest BCUT2D eigenvalue weighted by Gasteiger charge is 2.34. The highest BCUT2D eigenvalue weighted by Crippen LogP contribution is 2.33. The molecule has 1 fully saturated rings. The summed E-state index contributed by atoms with van der Waals surface area (Å²) < 4.78 is 6.04. The minimum absolute atomic E-state index is 0.0175. The van der Waals surface area contributed by atoms with Crippen LogP contribution in [0.3, 0.4) is 0 Å². The number of nitrogens with one attached hydrogen (secondary N) is 1. The van der Waals surface area contributed by atoms with Gasteiger partial charge in [0.2, 0.25) is 5.91 Å². The number of hydrogen-bond acceptors (Lipinski definition) is 4. The molecule has 0 bridgehead atoms. The second-order valence-corrected chi connectivity index (χ2v) is 8.27. The van der Waals surface area contributed by atoms with Crippen LogP contribution in [0.4, 0.5) is 11.4 Å². The molecular weight excluding hydrogens is 378 g/mol. The summed E-state index contributed by atoms with van der Waals surface area (Å²) in [5.74, 6) is 0.558. The molecule has 4 rings (SSSR count). The molecule has 0 spiro atoms. The van der Waals surface area contributed by atoms with Crippen LogP contribution in [0.2, 0.25) is 0 Å². The summed E-state index contributed by atoms with van der Waals surface area (Å²) in [6.07, 6.45) is 2.66. The summed E-state index contributed by atoms with van der Waals surface area (Å²) in [7, 11) is 0. The summed E-state index contributed by atoms with van der Waals surface area (Å²) in [6, 6.07) is 13.6. The minimum Gasteiger partial charge on any atom is -0.477 e. The van der Waals surface area contributed by atoms with Crippen molar-refractivity contribution in [1.29, 1.82) is 0 Å². The number of hydrogen-bond donors (Lipinski definition) is 1. The monoisotopic (exact) mass is 407 g/mol. The van der Waals surface area contributed by atoms with Gasteiger partial charge in [-0.3, -0.25) is 9.59 Å². The van der Waals surface area contributed by atoms with Gasteiger partial charge in [-0.15, -0.1) is 0 Å². The Morgan fingerprint density at radius 2 is 1.73 bits per heavy atom. The summed E-state index contributed by atoms with van der Waals surface area (Å²) in [5, 5.41) is 2.99. The number of piperidine rings is 1. The Kier molecular flexibility index (Phi) is 5.93. The van der Waals surface area contributed by atoms with E-state index in [0.29, 0.717) is 12.3 Å². The van der Waals surface area contributed by atoms with Gasteiger partial charge in [0.05, 0.1) is 18.8 Å². The first-order valence-electron chi connectivity index (χ1n) is 10.7. The number of carbonyl (C=O) groups excluding carboxylic acids is 2. The molecule has 0 saturated carbocycles. The predicted molar refractivity (Wildman–Crippen MR) is 118 cm³/mol. The number of anilines is 2. The van der Waals surface area contributed by atoms with Gasteiger partial charge in [-0.2, -0.15) is 0 Å². The van der Waals surface area contributed by atoms with Crippen molar-refractivity contribution in [3.05, 3.63) is 53.6 Å². The van der Waals surface area contributed by atoms with Crippen LogP contribution in [0.25, 0.3) is 0 Å². The molecule has 1 saturated heterocycles. The van der Waals surface area contributed by atoms with Crippen LogP contribution in [-0.4, -0.2) is 49.0 Å². The number of aryl methyl sites for hydroxylation is 2. The van der Waals surface area contributed by atoms with E-state index in [9.17, 15) is 9.59 Å². The molecule has 2 aromatic carbocycles. The third kappa shape index (κ3) is 4.58. The van der Waals surface area contributed by atoms with E-state index in [-0.39, 0.29) is 18.4 Å². The molecule has 6 heteroatoms. The fourth-order valence-corrected chi connectivity index (χ4v) is 4.32. The van der Waals surface area contributed by atoms with Gasteiger partial charge in [-0.1, -0.05) is 18.2 Å². The van der Waals surface area contributed by atoms with Crippen LogP contribution < -0.4 is 15.0 Å². The topological polar surface area (TPSA) is 61.9 Å². The van der Waals surface area contributed by atoms with Crippen molar-refractivity contribution in [3.63, 3.8) is 0 Å². The minimum atomic E-state index is -0.591. The standard InChI is InChI=1S/C24H29N3O3/c1-17-12-18(2)14-19(13-17)25-23(28)16-27-15-22(24(29)26-10-6-3-7-11-26)30-21-9-5-4-8-20(21)27/h4-5,8-9,12-14,22H,3,6-7,10-11,15-16H2,1-2H3,(H,25,28)/t22-/m1/s1. The number of benzene rings is 2. The Morgan fingerprint density at radius 1 is 1.03 bits per heavy atom. The van der Waals surface area contributed by atoms with Crippen molar-refractivity contribution in [3.8, 4) is 5.75 Å². The average Bonchev–Trinajstić information content (AvgIpc) is 2.73. The summed E-state index contributed by atoms with van der Waals surface area (Å²) in [5.41, 5.74) is 3.85. The number of ether oxygens (including phenoxy) is 1.